The van der Waals surface area contributed by atoms with Gasteiger partial charge in [0.1, 0.15) is 6.33 Å². The van der Waals surface area contributed by atoms with E-state index in [0.717, 1.165) is 33.5 Å². The number of aromatic nitrogens is 5. The molecule has 0 aliphatic heterocycles. The number of benzene rings is 1. The highest BCUT2D eigenvalue weighted by molar-refractivity contribution is 5.95. The molecule has 0 unspecified atom stereocenters. The van der Waals surface area contributed by atoms with E-state index < -0.39 is 0 Å². The predicted octanol–water partition coefficient (Wildman–Crippen LogP) is 3.19. The third-order valence-electron chi connectivity index (χ3n) is 3.67. The largest absolute Gasteiger partial charge is 0.289 e. The van der Waals surface area contributed by atoms with Crippen LogP contribution in [0.15, 0.2) is 61.3 Å². The molecule has 22 heavy (non-hydrogen) atoms. The molecule has 3 heterocycles. The van der Waals surface area contributed by atoms with Crippen molar-refractivity contribution in [2.24, 2.45) is 0 Å². The zero-order chi connectivity index (χ0) is 14.9. The van der Waals surface area contributed by atoms with Crippen LogP contribution < -0.4 is 0 Å². The fourth-order valence-corrected chi connectivity index (χ4v) is 2.59. The molecule has 1 aromatic carbocycles. The Kier molecular flexibility index (Phi) is 2.89. The minimum absolute atomic E-state index is 0.747. The zero-order valence-corrected chi connectivity index (χ0v) is 12.0. The zero-order valence-electron chi connectivity index (χ0n) is 12.0. The van der Waals surface area contributed by atoms with Gasteiger partial charge in [-0.2, -0.15) is 0 Å². The monoisotopic (exact) mass is 287 g/mol. The molecule has 0 saturated carbocycles. The van der Waals surface area contributed by atoms with Gasteiger partial charge in [0.05, 0.1) is 11.2 Å². The molecule has 0 amide bonds. The van der Waals surface area contributed by atoms with Crippen LogP contribution in [0.4, 0.5) is 0 Å². The maximum Gasteiger partial charge on any atom is 0.160 e. The van der Waals surface area contributed by atoms with Crippen LogP contribution in [0.25, 0.3) is 28.0 Å². The Morgan fingerprint density at radius 3 is 2.68 bits per heavy atom. The average molecular weight is 287 g/mol. The van der Waals surface area contributed by atoms with Gasteiger partial charge in [0.15, 0.2) is 5.82 Å². The summed E-state index contributed by atoms with van der Waals surface area (Å²) in [5.41, 5.74) is 4.05. The highest BCUT2D eigenvalue weighted by atomic mass is 15.2. The number of rotatable bonds is 2. The van der Waals surface area contributed by atoms with Gasteiger partial charge in [0.2, 0.25) is 0 Å². The van der Waals surface area contributed by atoms with Gasteiger partial charge < -0.3 is 0 Å². The fraction of sp³-hybridized carbons (Fsp3) is 0.0588. The van der Waals surface area contributed by atoms with Crippen LogP contribution in [-0.4, -0.2) is 24.7 Å². The Balaban J connectivity index is 1.87. The number of fused-ring (bicyclic) bond motifs is 1. The molecule has 0 aliphatic carbocycles. The van der Waals surface area contributed by atoms with Gasteiger partial charge in [0.25, 0.3) is 0 Å². The Morgan fingerprint density at radius 2 is 1.91 bits per heavy atom. The average Bonchev–Trinajstić information content (AvgIpc) is 3.09. The van der Waals surface area contributed by atoms with Crippen LogP contribution in [0.3, 0.4) is 0 Å². The number of nitrogens with zero attached hydrogens (tertiary/aromatic N) is 5. The SMILES string of the molecule is Cc1ccc2ncccc2c1-c1ccc(-n2ccnc2)nn1. The second kappa shape index (κ2) is 5.04. The minimum Gasteiger partial charge on any atom is -0.289 e. The van der Waals surface area contributed by atoms with Crippen molar-refractivity contribution in [1.29, 1.82) is 0 Å². The summed E-state index contributed by atoms with van der Waals surface area (Å²) in [6, 6.07) is 12.0. The lowest BCUT2D eigenvalue weighted by molar-refractivity contribution is 0.916. The number of imidazole rings is 1. The lowest BCUT2D eigenvalue weighted by atomic mass is 10.00. The van der Waals surface area contributed by atoms with E-state index in [1.807, 2.05) is 35.0 Å². The fourth-order valence-electron chi connectivity index (χ4n) is 2.59. The van der Waals surface area contributed by atoms with Crippen LogP contribution in [0.5, 0.6) is 0 Å². The third kappa shape index (κ3) is 2.03. The van der Waals surface area contributed by atoms with E-state index in [2.05, 4.69) is 39.2 Å². The van der Waals surface area contributed by atoms with Gasteiger partial charge in [-0.05, 0) is 36.8 Å². The molecule has 4 rings (SSSR count). The van der Waals surface area contributed by atoms with Crippen molar-refractivity contribution >= 4 is 10.9 Å². The van der Waals surface area contributed by atoms with Gasteiger partial charge in [-0.1, -0.05) is 12.1 Å². The van der Waals surface area contributed by atoms with Gasteiger partial charge in [-0.25, -0.2) is 4.98 Å². The first-order valence-corrected chi connectivity index (χ1v) is 7.00. The first kappa shape index (κ1) is 12.6. The van der Waals surface area contributed by atoms with Crippen molar-refractivity contribution in [3.8, 4) is 17.1 Å². The first-order chi connectivity index (χ1) is 10.8. The smallest absolute Gasteiger partial charge is 0.160 e. The number of hydrogen-bond acceptors (Lipinski definition) is 4. The number of aryl methyl sites for hydroxylation is 1. The molecule has 3 aromatic heterocycles. The normalized spacial score (nSPS) is 11.0. The summed E-state index contributed by atoms with van der Waals surface area (Å²) in [6.45, 7) is 2.08. The van der Waals surface area contributed by atoms with E-state index in [9.17, 15) is 0 Å². The standard InChI is InChI=1S/C17H13N5/c1-12-4-5-14-13(3-2-8-19-14)17(12)15-6-7-16(21-20-15)22-10-9-18-11-22/h2-11H,1H3. The molecular formula is C17H13N5. The van der Waals surface area contributed by atoms with Crippen LogP contribution in [0.1, 0.15) is 5.56 Å². The molecule has 0 N–H and O–H groups in total. The molecule has 5 heteroatoms. The maximum absolute atomic E-state index is 4.41. The topological polar surface area (TPSA) is 56.5 Å². The van der Waals surface area contributed by atoms with Gasteiger partial charge >= 0.3 is 0 Å². The summed E-state index contributed by atoms with van der Waals surface area (Å²) < 4.78 is 1.83. The molecular weight excluding hydrogens is 274 g/mol. The third-order valence-corrected chi connectivity index (χ3v) is 3.67. The van der Waals surface area contributed by atoms with Crippen molar-refractivity contribution in [3.05, 3.63) is 66.9 Å². The lowest BCUT2D eigenvalue weighted by Crippen LogP contribution is -1.98. The van der Waals surface area contributed by atoms with E-state index in [1.54, 1.807) is 18.7 Å². The summed E-state index contributed by atoms with van der Waals surface area (Å²) in [6.07, 6.45) is 7.07. The Labute approximate surface area is 127 Å². The molecule has 5 nitrogen and oxygen atoms in total. The summed E-state index contributed by atoms with van der Waals surface area (Å²) in [5.74, 6) is 0.747. The van der Waals surface area contributed by atoms with E-state index in [4.69, 9.17) is 0 Å². The second-order valence-corrected chi connectivity index (χ2v) is 5.07. The quantitative estimate of drug-likeness (QED) is 0.568. The molecule has 4 aromatic rings. The van der Waals surface area contributed by atoms with Gasteiger partial charge in [-0.15, -0.1) is 10.2 Å². The Hall–Kier alpha value is -3.08. The van der Waals surface area contributed by atoms with E-state index in [-0.39, 0.29) is 0 Å². The van der Waals surface area contributed by atoms with Crippen LogP contribution in [0, 0.1) is 6.92 Å². The Morgan fingerprint density at radius 1 is 0.955 bits per heavy atom. The molecule has 0 radical (unpaired) electrons. The lowest BCUT2D eigenvalue weighted by Gasteiger charge is -2.09. The van der Waals surface area contributed by atoms with Crippen LogP contribution >= 0.6 is 0 Å². The number of pyridine rings is 1. The van der Waals surface area contributed by atoms with Crippen LogP contribution in [-0.2, 0) is 0 Å². The molecule has 0 bridgehead atoms. The molecule has 0 fully saturated rings. The first-order valence-electron chi connectivity index (χ1n) is 7.00. The molecule has 0 aliphatic rings. The van der Waals surface area contributed by atoms with Gasteiger partial charge in [-0.3, -0.25) is 9.55 Å². The van der Waals surface area contributed by atoms with E-state index >= 15 is 0 Å². The Bertz CT molecular complexity index is 927. The van der Waals surface area contributed by atoms with Gasteiger partial charge in [0, 0.05) is 29.5 Å². The second-order valence-electron chi connectivity index (χ2n) is 5.07. The van der Waals surface area contributed by atoms with Crippen molar-refractivity contribution in [3.63, 3.8) is 0 Å². The predicted molar refractivity (Wildman–Crippen MR) is 84.6 cm³/mol. The summed E-state index contributed by atoms with van der Waals surface area (Å²) >= 11 is 0. The number of hydrogen-bond donors (Lipinski definition) is 0. The van der Waals surface area contributed by atoms with Crippen molar-refractivity contribution < 1.29 is 0 Å². The molecule has 106 valence electrons. The maximum atomic E-state index is 4.41. The van der Waals surface area contributed by atoms with Crippen molar-refractivity contribution in [2.45, 2.75) is 6.92 Å². The highest BCUT2D eigenvalue weighted by Crippen LogP contribution is 2.29. The molecule has 0 atom stereocenters. The van der Waals surface area contributed by atoms with E-state index in [1.165, 1.54) is 0 Å². The molecule has 0 spiro atoms. The van der Waals surface area contributed by atoms with E-state index in [0.29, 0.717) is 0 Å². The van der Waals surface area contributed by atoms with Crippen molar-refractivity contribution in [1.82, 2.24) is 24.7 Å². The van der Waals surface area contributed by atoms with Crippen molar-refractivity contribution in [2.75, 3.05) is 0 Å². The highest BCUT2D eigenvalue weighted by Gasteiger charge is 2.10. The minimum atomic E-state index is 0.747. The molecule has 0 saturated heterocycles. The summed E-state index contributed by atoms with van der Waals surface area (Å²) in [5, 5.41) is 9.78. The summed E-state index contributed by atoms with van der Waals surface area (Å²) in [7, 11) is 0. The summed E-state index contributed by atoms with van der Waals surface area (Å²) in [4.78, 5) is 8.43. The van der Waals surface area contributed by atoms with Crippen LogP contribution in [0.2, 0.25) is 0 Å².